The molecule has 0 unspecified atom stereocenters. The van der Waals surface area contributed by atoms with Crippen LogP contribution < -0.4 is 0 Å². The summed E-state index contributed by atoms with van der Waals surface area (Å²) in [5.74, 6) is -0.785. The maximum absolute atomic E-state index is 13.8. The molecule has 0 aliphatic rings. The first kappa shape index (κ1) is 12.9. The zero-order valence-corrected chi connectivity index (χ0v) is 11.4. The van der Waals surface area contributed by atoms with Crippen molar-refractivity contribution >= 4 is 21.7 Å². The number of hydrogen-bond acceptors (Lipinski definition) is 2. The molecular weight excluding hydrogens is 297 g/mol. The van der Waals surface area contributed by atoms with Crippen molar-refractivity contribution in [3.63, 3.8) is 0 Å². The van der Waals surface area contributed by atoms with E-state index < -0.39 is 5.82 Å². The number of aromatic nitrogens is 1. The first-order valence-corrected chi connectivity index (χ1v) is 6.26. The summed E-state index contributed by atoms with van der Waals surface area (Å²) < 4.78 is 14.1. The summed E-state index contributed by atoms with van der Waals surface area (Å²) >= 11 is 3.07. The Morgan fingerprint density at radius 2 is 2.11 bits per heavy atom. The Balaban J connectivity index is 2.28. The number of Topliss-reactive ketones (excluding diaryl/α,β-unsaturated/α-hetero) is 1. The summed E-state index contributed by atoms with van der Waals surface area (Å²) in [6, 6.07) is 8.39. The second kappa shape index (κ2) is 5.40. The molecule has 2 nitrogen and oxygen atoms in total. The molecule has 0 aliphatic carbocycles. The number of pyridine rings is 1. The molecule has 2 aromatic rings. The Morgan fingerprint density at radius 3 is 2.83 bits per heavy atom. The molecule has 0 radical (unpaired) electrons. The topological polar surface area (TPSA) is 30.0 Å². The molecule has 18 heavy (non-hydrogen) atoms. The minimum Gasteiger partial charge on any atom is -0.294 e. The fraction of sp³-hybridized carbons (Fsp3) is 0.143. The number of ketones is 1. The van der Waals surface area contributed by atoms with Crippen LogP contribution in [0.15, 0.2) is 41.0 Å². The minimum atomic E-state index is -0.518. The van der Waals surface area contributed by atoms with Crippen molar-refractivity contribution in [3.8, 4) is 0 Å². The quantitative estimate of drug-likeness (QED) is 0.809. The maximum Gasteiger partial charge on any atom is 0.171 e. The molecule has 0 aliphatic heterocycles. The van der Waals surface area contributed by atoms with E-state index in [1.54, 1.807) is 18.3 Å². The average Bonchev–Trinajstić information content (AvgIpc) is 2.35. The molecule has 0 atom stereocenters. The minimum absolute atomic E-state index is 0.0921. The molecule has 92 valence electrons. The van der Waals surface area contributed by atoms with Gasteiger partial charge in [0.15, 0.2) is 5.78 Å². The predicted molar refractivity (Wildman–Crippen MR) is 71.1 cm³/mol. The molecule has 0 bridgehead atoms. The van der Waals surface area contributed by atoms with Crippen LogP contribution in [0.5, 0.6) is 0 Å². The summed E-state index contributed by atoms with van der Waals surface area (Å²) in [6.07, 6.45) is 1.74. The van der Waals surface area contributed by atoms with Gasteiger partial charge in [-0.1, -0.05) is 12.1 Å². The number of hydrogen-bond donors (Lipinski definition) is 0. The Morgan fingerprint density at radius 1 is 1.33 bits per heavy atom. The Hall–Kier alpha value is -1.55. The van der Waals surface area contributed by atoms with Crippen molar-refractivity contribution in [2.75, 3.05) is 0 Å². The van der Waals surface area contributed by atoms with Gasteiger partial charge in [0.2, 0.25) is 0 Å². The average molecular weight is 308 g/mol. The highest BCUT2D eigenvalue weighted by atomic mass is 79.9. The van der Waals surface area contributed by atoms with Crippen molar-refractivity contribution in [2.24, 2.45) is 0 Å². The Bertz CT molecular complexity index is 598. The summed E-state index contributed by atoms with van der Waals surface area (Å²) in [5, 5.41) is 0. The van der Waals surface area contributed by atoms with Gasteiger partial charge in [0, 0.05) is 6.20 Å². The molecule has 1 heterocycles. The molecule has 0 N–H and O–H groups in total. The first-order valence-electron chi connectivity index (χ1n) is 5.47. The molecule has 0 spiro atoms. The summed E-state index contributed by atoms with van der Waals surface area (Å²) in [5.41, 5.74) is 1.71. The highest BCUT2D eigenvalue weighted by molar-refractivity contribution is 9.10. The summed E-state index contributed by atoms with van der Waals surface area (Å²) in [6.45, 7) is 1.88. The van der Waals surface area contributed by atoms with Crippen LogP contribution in [0.25, 0.3) is 0 Å². The second-order valence-electron chi connectivity index (χ2n) is 3.97. The van der Waals surface area contributed by atoms with Gasteiger partial charge < -0.3 is 0 Å². The fourth-order valence-corrected chi connectivity index (χ4v) is 2.04. The number of carbonyl (C=O) groups is 1. The smallest absolute Gasteiger partial charge is 0.171 e. The lowest BCUT2D eigenvalue weighted by Crippen LogP contribution is -2.08. The number of carbonyl (C=O) groups excluding carboxylic acids is 1. The standard InChI is InChI=1S/C14H11BrFNO/c1-9-4-3-7-17-12(9)8-13(18)10-5-2-6-11(15)14(10)16/h2-7H,8H2,1H3. The second-order valence-corrected chi connectivity index (χ2v) is 4.82. The monoisotopic (exact) mass is 307 g/mol. The number of nitrogens with zero attached hydrogens (tertiary/aromatic N) is 1. The first-order chi connectivity index (χ1) is 8.59. The van der Waals surface area contributed by atoms with E-state index in [4.69, 9.17) is 0 Å². The highest BCUT2D eigenvalue weighted by Crippen LogP contribution is 2.20. The van der Waals surface area contributed by atoms with E-state index in [-0.39, 0.29) is 17.8 Å². The van der Waals surface area contributed by atoms with Gasteiger partial charge >= 0.3 is 0 Å². The zero-order valence-electron chi connectivity index (χ0n) is 9.78. The van der Waals surface area contributed by atoms with Gasteiger partial charge in [-0.25, -0.2) is 4.39 Å². The van der Waals surface area contributed by atoms with Crippen molar-refractivity contribution in [1.82, 2.24) is 4.98 Å². The van der Waals surface area contributed by atoms with Gasteiger partial charge in [-0.05, 0) is 46.6 Å². The third kappa shape index (κ3) is 2.64. The summed E-state index contributed by atoms with van der Waals surface area (Å²) in [7, 11) is 0. The molecule has 0 saturated heterocycles. The van der Waals surface area contributed by atoms with Crippen LogP contribution >= 0.6 is 15.9 Å². The fourth-order valence-electron chi connectivity index (χ4n) is 1.67. The zero-order chi connectivity index (χ0) is 13.1. The van der Waals surface area contributed by atoms with Crippen LogP contribution in [0.4, 0.5) is 4.39 Å². The normalized spacial score (nSPS) is 10.4. The molecular formula is C14H11BrFNO. The molecule has 0 amide bonds. The van der Waals surface area contributed by atoms with Crippen molar-refractivity contribution < 1.29 is 9.18 Å². The highest BCUT2D eigenvalue weighted by Gasteiger charge is 2.15. The Kier molecular flexibility index (Phi) is 3.87. The van der Waals surface area contributed by atoms with Crippen molar-refractivity contribution in [1.29, 1.82) is 0 Å². The SMILES string of the molecule is Cc1cccnc1CC(=O)c1cccc(Br)c1F. The maximum atomic E-state index is 13.8. The molecule has 4 heteroatoms. The predicted octanol–water partition coefficient (Wildman–Crippen LogP) is 3.72. The van der Waals surface area contributed by atoms with Crippen LogP contribution in [-0.2, 0) is 6.42 Å². The third-order valence-electron chi connectivity index (χ3n) is 2.70. The Labute approximate surface area is 113 Å². The number of rotatable bonds is 3. The van der Waals surface area contributed by atoms with E-state index in [0.717, 1.165) is 5.56 Å². The van der Waals surface area contributed by atoms with E-state index in [0.29, 0.717) is 10.2 Å². The van der Waals surface area contributed by atoms with Gasteiger partial charge in [-0.2, -0.15) is 0 Å². The van der Waals surface area contributed by atoms with Crippen LogP contribution in [0, 0.1) is 12.7 Å². The van der Waals surface area contributed by atoms with Gasteiger partial charge in [0.25, 0.3) is 0 Å². The lowest BCUT2D eigenvalue weighted by Gasteiger charge is -2.05. The molecule has 0 fully saturated rings. The van der Waals surface area contributed by atoms with Crippen LogP contribution in [0.2, 0.25) is 0 Å². The molecule has 0 saturated carbocycles. The van der Waals surface area contributed by atoms with Crippen molar-refractivity contribution in [3.05, 3.63) is 63.6 Å². The van der Waals surface area contributed by atoms with Gasteiger partial charge in [-0.15, -0.1) is 0 Å². The van der Waals surface area contributed by atoms with Crippen molar-refractivity contribution in [2.45, 2.75) is 13.3 Å². The lowest BCUT2D eigenvalue weighted by atomic mass is 10.0. The number of aryl methyl sites for hydroxylation is 1. The van der Waals surface area contributed by atoms with E-state index in [2.05, 4.69) is 20.9 Å². The summed E-state index contributed by atoms with van der Waals surface area (Å²) in [4.78, 5) is 16.2. The van der Waals surface area contributed by atoms with E-state index in [9.17, 15) is 9.18 Å². The molecule has 1 aromatic carbocycles. The van der Waals surface area contributed by atoms with Gasteiger partial charge in [0.05, 0.1) is 22.2 Å². The van der Waals surface area contributed by atoms with Crippen LogP contribution in [0.1, 0.15) is 21.6 Å². The number of benzene rings is 1. The van der Waals surface area contributed by atoms with E-state index >= 15 is 0 Å². The molecule has 2 rings (SSSR count). The van der Waals surface area contributed by atoms with Gasteiger partial charge in [-0.3, -0.25) is 9.78 Å². The van der Waals surface area contributed by atoms with Crippen LogP contribution in [0.3, 0.4) is 0 Å². The molecule has 1 aromatic heterocycles. The van der Waals surface area contributed by atoms with E-state index in [1.165, 1.54) is 6.07 Å². The van der Waals surface area contributed by atoms with E-state index in [1.807, 2.05) is 19.1 Å². The number of halogens is 2. The lowest BCUT2D eigenvalue weighted by molar-refractivity contribution is 0.0987. The largest absolute Gasteiger partial charge is 0.294 e. The third-order valence-corrected chi connectivity index (χ3v) is 3.31. The van der Waals surface area contributed by atoms with Crippen LogP contribution in [-0.4, -0.2) is 10.8 Å². The van der Waals surface area contributed by atoms with Gasteiger partial charge in [0.1, 0.15) is 5.82 Å².